The predicted octanol–water partition coefficient (Wildman–Crippen LogP) is 4.43. The molecule has 1 aromatic carbocycles. The van der Waals surface area contributed by atoms with Gasteiger partial charge in [0, 0.05) is 39.2 Å². The minimum absolute atomic E-state index is 0.0253. The maximum absolute atomic E-state index is 14.5. The second-order valence-corrected chi connectivity index (χ2v) is 13.3. The molecule has 8 atom stereocenters. The van der Waals surface area contributed by atoms with Crippen LogP contribution in [0, 0.1) is 11.8 Å². The summed E-state index contributed by atoms with van der Waals surface area (Å²) < 4.78 is 12.9. The van der Waals surface area contributed by atoms with Gasteiger partial charge < -0.3 is 29.3 Å². The first kappa shape index (κ1) is 36.3. The van der Waals surface area contributed by atoms with Crippen molar-refractivity contribution in [3.8, 4) is 0 Å². The predicted molar refractivity (Wildman–Crippen MR) is 179 cm³/mol. The molecule has 3 heterocycles. The number of hydrogen-bond acceptors (Lipinski definition) is 7. The number of carbonyl (C=O) groups excluding carboxylic acids is 4. The number of esters is 1. The molecular weight excluding hydrogens is 598 g/mol. The number of carbonyl (C=O) groups is 4. The number of fused-ring (bicyclic) bond motifs is 1. The molecule has 10 nitrogen and oxygen atoms in total. The average Bonchev–Trinajstić information content (AvgIpc) is 3.71. The molecule has 47 heavy (non-hydrogen) atoms. The summed E-state index contributed by atoms with van der Waals surface area (Å²) in [7, 11) is 1.70. The van der Waals surface area contributed by atoms with Gasteiger partial charge >= 0.3 is 5.97 Å². The van der Waals surface area contributed by atoms with Crippen LogP contribution in [0.3, 0.4) is 0 Å². The van der Waals surface area contributed by atoms with Crippen LogP contribution < -0.4 is 0 Å². The molecule has 0 radical (unpaired) electrons. The smallest absolute Gasteiger partial charge is 0.313 e. The Hall–Kier alpha value is -3.50. The third kappa shape index (κ3) is 7.18. The molecule has 1 spiro atoms. The second-order valence-electron chi connectivity index (χ2n) is 13.3. The van der Waals surface area contributed by atoms with Crippen LogP contribution in [0.5, 0.6) is 0 Å². The number of likely N-dealkylation sites (N-methyl/N-ethyl adjacent to an activating group) is 1. The minimum Gasteiger partial charge on any atom is -0.455 e. The Bertz CT molecular complexity index is 1290. The normalized spacial score (nSPS) is 26.3. The number of hydrogen-bond donors (Lipinski definition) is 1. The fourth-order valence-corrected chi connectivity index (χ4v) is 7.82. The van der Waals surface area contributed by atoms with Crippen molar-refractivity contribution in [2.24, 2.45) is 11.8 Å². The lowest BCUT2D eigenvalue weighted by Crippen LogP contribution is -2.58. The zero-order valence-electron chi connectivity index (χ0n) is 28.5. The monoisotopic (exact) mass is 651 g/mol. The van der Waals surface area contributed by atoms with Crippen molar-refractivity contribution < 1.29 is 33.8 Å². The van der Waals surface area contributed by atoms with Crippen LogP contribution in [0.2, 0.25) is 0 Å². The van der Waals surface area contributed by atoms with Gasteiger partial charge in [-0.1, -0.05) is 55.8 Å². The highest BCUT2D eigenvalue weighted by atomic mass is 16.6. The van der Waals surface area contributed by atoms with E-state index in [2.05, 4.69) is 20.1 Å². The molecule has 10 heteroatoms. The molecule has 0 aromatic heterocycles. The number of amides is 3. The molecule has 258 valence electrons. The Labute approximate surface area is 279 Å². The van der Waals surface area contributed by atoms with Crippen LogP contribution in [0.15, 0.2) is 55.6 Å². The lowest BCUT2D eigenvalue weighted by molar-refractivity contribution is -0.164. The summed E-state index contributed by atoms with van der Waals surface area (Å²) in [6.07, 6.45) is 6.55. The molecule has 1 N–H and O–H groups in total. The highest BCUT2D eigenvalue weighted by molar-refractivity contribution is 5.98. The highest BCUT2D eigenvalue weighted by Gasteiger charge is 2.75. The molecule has 1 aromatic rings. The molecule has 0 saturated carbocycles. The average molecular weight is 652 g/mol. The van der Waals surface area contributed by atoms with E-state index in [0.29, 0.717) is 45.1 Å². The van der Waals surface area contributed by atoms with Crippen LogP contribution in [0.4, 0.5) is 0 Å². The van der Waals surface area contributed by atoms with Crippen LogP contribution in [0.25, 0.3) is 0 Å². The molecule has 3 aliphatic heterocycles. The van der Waals surface area contributed by atoms with Crippen molar-refractivity contribution >= 4 is 23.7 Å². The highest BCUT2D eigenvalue weighted by Crippen LogP contribution is 2.59. The molecule has 4 rings (SSSR count). The largest absolute Gasteiger partial charge is 0.455 e. The number of ether oxygens (including phenoxy) is 2. The van der Waals surface area contributed by atoms with E-state index in [1.807, 2.05) is 44.2 Å². The van der Waals surface area contributed by atoms with Gasteiger partial charge in [-0.25, -0.2) is 0 Å². The Morgan fingerprint density at radius 1 is 1.17 bits per heavy atom. The van der Waals surface area contributed by atoms with Gasteiger partial charge in [0.25, 0.3) is 0 Å². The van der Waals surface area contributed by atoms with Crippen LogP contribution in [-0.2, 0) is 28.7 Å². The van der Waals surface area contributed by atoms with Gasteiger partial charge in [-0.05, 0) is 57.9 Å². The van der Waals surface area contributed by atoms with E-state index in [-0.39, 0.29) is 36.9 Å². The van der Waals surface area contributed by atoms with Crippen LogP contribution in [-0.4, -0.2) is 100 Å². The van der Waals surface area contributed by atoms with E-state index in [9.17, 15) is 24.3 Å². The standard InChI is InChI=1S/C37H53N3O7/c1-7-10-19-29(42)38(6)26(5)32(27-17-12-11-13-18-27)46-36(45)30-28-20-21-37(47-28)31(30)34(43)40(23-14-15-24-41)33(37)35(44)39(22-9-3)25(4)16-8-2/h7,9,11-13,17-18,25-26,28,30-33,41H,1,3,8,10,14-16,19-24H2,2,4-6H3/t25?,26-,28+,30-,31-,32+,33+,37-/m1/s1. The van der Waals surface area contributed by atoms with Crippen molar-refractivity contribution in [2.45, 2.75) is 108 Å². The number of allylic oxidation sites excluding steroid dienone is 1. The number of rotatable bonds is 18. The summed E-state index contributed by atoms with van der Waals surface area (Å²) in [4.78, 5) is 61.1. The number of aliphatic hydroxyl groups is 1. The van der Waals surface area contributed by atoms with Gasteiger partial charge in [-0.15, -0.1) is 13.2 Å². The molecule has 2 bridgehead atoms. The summed E-state index contributed by atoms with van der Waals surface area (Å²) >= 11 is 0. The van der Waals surface area contributed by atoms with E-state index in [1.54, 1.807) is 33.9 Å². The van der Waals surface area contributed by atoms with Crippen molar-refractivity contribution in [2.75, 3.05) is 26.7 Å². The van der Waals surface area contributed by atoms with Gasteiger partial charge in [-0.3, -0.25) is 19.2 Å². The third-order valence-corrected chi connectivity index (χ3v) is 10.3. The number of likely N-dealkylation sites (tertiary alicyclic amines) is 1. The Morgan fingerprint density at radius 3 is 2.53 bits per heavy atom. The van der Waals surface area contributed by atoms with Gasteiger partial charge in [-0.2, -0.15) is 0 Å². The molecule has 3 saturated heterocycles. The fourth-order valence-electron chi connectivity index (χ4n) is 7.82. The third-order valence-electron chi connectivity index (χ3n) is 10.3. The summed E-state index contributed by atoms with van der Waals surface area (Å²) in [6, 6.07) is 7.84. The Balaban J connectivity index is 1.68. The zero-order chi connectivity index (χ0) is 34.3. The second kappa shape index (κ2) is 16.1. The first-order chi connectivity index (χ1) is 22.6. The summed E-state index contributed by atoms with van der Waals surface area (Å²) in [5, 5.41) is 9.48. The van der Waals surface area contributed by atoms with Crippen molar-refractivity contribution in [1.29, 1.82) is 0 Å². The maximum atomic E-state index is 14.5. The molecular formula is C37H53N3O7. The SMILES string of the molecule is C=CCCC(=O)N(C)[C@H](C)[C@H](OC(=O)[C@@H]1[C@@H]2CC[C@]3(O2)[C@H](C(=O)N(CC=C)C(C)CCC)N(CCCCO)C(=O)[C@@H]13)c1ccccc1. The lowest BCUT2D eigenvalue weighted by atomic mass is 9.70. The van der Waals surface area contributed by atoms with E-state index in [0.717, 1.165) is 18.4 Å². The van der Waals surface area contributed by atoms with Crippen molar-refractivity contribution in [3.63, 3.8) is 0 Å². The number of benzene rings is 1. The topological polar surface area (TPSA) is 117 Å². The van der Waals surface area contributed by atoms with E-state index in [4.69, 9.17) is 9.47 Å². The first-order valence-corrected chi connectivity index (χ1v) is 17.2. The quantitative estimate of drug-likeness (QED) is 0.142. The Morgan fingerprint density at radius 2 is 1.89 bits per heavy atom. The summed E-state index contributed by atoms with van der Waals surface area (Å²) in [5.74, 6) is -2.90. The molecule has 3 fully saturated rings. The summed E-state index contributed by atoms with van der Waals surface area (Å²) in [6.45, 7) is 14.1. The molecule has 3 aliphatic rings. The zero-order valence-corrected chi connectivity index (χ0v) is 28.5. The van der Waals surface area contributed by atoms with Crippen molar-refractivity contribution in [1.82, 2.24) is 14.7 Å². The molecule has 0 aliphatic carbocycles. The minimum atomic E-state index is -1.15. The number of unbranched alkanes of at least 4 members (excludes halogenated alkanes) is 1. The van der Waals surface area contributed by atoms with E-state index < -0.39 is 47.7 Å². The van der Waals surface area contributed by atoms with Gasteiger partial charge in [0.1, 0.15) is 17.7 Å². The summed E-state index contributed by atoms with van der Waals surface area (Å²) in [5.41, 5.74) is -0.421. The van der Waals surface area contributed by atoms with Gasteiger partial charge in [0.15, 0.2) is 0 Å². The van der Waals surface area contributed by atoms with E-state index in [1.165, 1.54) is 0 Å². The number of aliphatic hydroxyl groups excluding tert-OH is 1. The molecule has 1 unspecified atom stereocenters. The van der Waals surface area contributed by atoms with E-state index >= 15 is 0 Å². The Kier molecular flexibility index (Phi) is 12.4. The maximum Gasteiger partial charge on any atom is 0.313 e. The fraction of sp³-hybridized carbons (Fsp3) is 0.622. The van der Waals surface area contributed by atoms with Gasteiger partial charge in [0.05, 0.1) is 24.0 Å². The first-order valence-electron chi connectivity index (χ1n) is 17.2. The lowest BCUT2D eigenvalue weighted by Gasteiger charge is -2.39. The van der Waals surface area contributed by atoms with Crippen LogP contribution >= 0.6 is 0 Å². The number of nitrogens with zero attached hydrogens (tertiary/aromatic N) is 3. The molecule has 3 amide bonds. The van der Waals surface area contributed by atoms with Gasteiger partial charge in [0.2, 0.25) is 17.7 Å². The van der Waals surface area contributed by atoms with Crippen LogP contribution in [0.1, 0.15) is 83.8 Å². The van der Waals surface area contributed by atoms with Crippen molar-refractivity contribution in [3.05, 3.63) is 61.2 Å².